The van der Waals surface area contributed by atoms with Crippen LogP contribution in [0.1, 0.15) is 13.8 Å². The molecule has 0 amide bonds. The number of oxime groups is 1. The topological polar surface area (TPSA) is 47.9 Å². The molecule has 0 spiro atoms. The molecule has 0 bridgehead atoms. The molecule has 1 saturated heterocycles. The number of nitrogens with one attached hydrogen (secondary N) is 1. The molecule has 2 N–H and O–H groups in total. The van der Waals surface area contributed by atoms with Crippen LogP contribution in [-0.2, 0) is 0 Å². The summed E-state index contributed by atoms with van der Waals surface area (Å²) in [5.74, 6) is 0.698. The zero-order chi connectivity index (χ0) is 8.48. The van der Waals surface area contributed by atoms with Crippen LogP contribution >= 0.6 is 0 Å². The fourth-order valence-electron chi connectivity index (χ4n) is 1.40. The van der Waals surface area contributed by atoms with Crippen molar-refractivity contribution in [3.05, 3.63) is 0 Å². The van der Waals surface area contributed by atoms with Gasteiger partial charge in [-0.3, -0.25) is 0 Å². The van der Waals surface area contributed by atoms with Gasteiger partial charge in [-0.05, 0) is 13.8 Å². The van der Waals surface area contributed by atoms with Crippen LogP contribution in [0.4, 0.5) is 0 Å². The highest BCUT2D eigenvalue weighted by molar-refractivity contribution is 5.90. The predicted octanol–water partition coefficient (Wildman–Crippen LogP) is 0.0877. The average Bonchev–Trinajstić information content (AvgIpc) is 1.86. The van der Waals surface area contributed by atoms with Gasteiger partial charge < -0.3 is 15.4 Å². The molecule has 0 radical (unpaired) electrons. The molecule has 0 atom stereocenters. The number of hydrogen-bond donors (Lipinski definition) is 2. The molecule has 0 aromatic carbocycles. The molecule has 1 rings (SSSR count). The summed E-state index contributed by atoms with van der Waals surface area (Å²) in [5, 5.41) is 15.2. The molecule has 0 unspecified atom stereocenters. The summed E-state index contributed by atoms with van der Waals surface area (Å²) in [6.07, 6.45) is 0. The van der Waals surface area contributed by atoms with E-state index >= 15 is 0 Å². The minimum atomic E-state index is -0.207. The van der Waals surface area contributed by atoms with Crippen molar-refractivity contribution in [3.8, 4) is 0 Å². The van der Waals surface area contributed by atoms with Gasteiger partial charge in [0.1, 0.15) is 0 Å². The van der Waals surface area contributed by atoms with E-state index in [1.165, 1.54) is 0 Å². The van der Waals surface area contributed by atoms with Crippen molar-refractivity contribution >= 4 is 5.84 Å². The Balaban J connectivity index is 2.82. The minimum absolute atomic E-state index is 0.207. The molecule has 64 valence electrons. The average molecular weight is 157 g/mol. The summed E-state index contributed by atoms with van der Waals surface area (Å²) < 4.78 is 0. The normalized spacial score (nSPS) is 27.5. The van der Waals surface area contributed by atoms with Gasteiger partial charge in [-0.2, -0.15) is 0 Å². The Morgan fingerprint density at radius 1 is 1.64 bits per heavy atom. The Hall–Kier alpha value is -0.770. The van der Waals surface area contributed by atoms with Gasteiger partial charge in [-0.25, -0.2) is 0 Å². The molecule has 1 aliphatic heterocycles. The van der Waals surface area contributed by atoms with Gasteiger partial charge in [0.2, 0.25) is 0 Å². The number of piperazine rings is 1. The Morgan fingerprint density at radius 3 is 2.64 bits per heavy atom. The Morgan fingerprint density at radius 2 is 2.27 bits per heavy atom. The van der Waals surface area contributed by atoms with Crippen molar-refractivity contribution < 1.29 is 5.21 Å². The first-order valence-electron chi connectivity index (χ1n) is 3.76. The van der Waals surface area contributed by atoms with E-state index < -0.39 is 0 Å². The number of nitrogens with zero attached hydrogens (tertiary/aromatic N) is 2. The highest BCUT2D eigenvalue weighted by atomic mass is 16.4. The summed E-state index contributed by atoms with van der Waals surface area (Å²) in [6.45, 7) is 5.82. The lowest BCUT2D eigenvalue weighted by molar-refractivity contribution is 0.273. The van der Waals surface area contributed by atoms with Gasteiger partial charge in [0, 0.05) is 20.1 Å². The first kappa shape index (κ1) is 8.33. The van der Waals surface area contributed by atoms with Crippen molar-refractivity contribution in [1.82, 2.24) is 10.2 Å². The standard InChI is InChI=1S/C7H15N3O/c1-7(2)6(9-11)10(3)5-4-8-7/h8,11H,4-5H2,1-3H3. The Bertz CT molecular complexity index is 177. The SMILES string of the molecule is CN1CCNC(C)(C)C1=NO. The second kappa shape index (κ2) is 2.70. The molecular weight excluding hydrogens is 142 g/mol. The van der Waals surface area contributed by atoms with Gasteiger partial charge in [-0.1, -0.05) is 5.16 Å². The zero-order valence-electron chi connectivity index (χ0n) is 7.26. The largest absolute Gasteiger partial charge is 0.409 e. The highest BCUT2D eigenvalue weighted by Crippen LogP contribution is 2.11. The van der Waals surface area contributed by atoms with Crippen LogP contribution in [0.5, 0.6) is 0 Å². The summed E-state index contributed by atoms with van der Waals surface area (Å²) in [5.41, 5.74) is -0.207. The number of likely N-dealkylation sites (N-methyl/N-ethyl adjacent to an activating group) is 1. The number of rotatable bonds is 0. The monoisotopic (exact) mass is 157 g/mol. The molecule has 0 aromatic rings. The number of hydrogen-bond acceptors (Lipinski definition) is 3. The van der Waals surface area contributed by atoms with Gasteiger partial charge in [0.25, 0.3) is 0 Å². The van der Waals surface area contributed by atoms with Crippen LogP contribution in [0.2, 0.25) is 0 Å². The van der Waals surface area contributed by atoms with E-state index in [0.717, 1.165) is 13.1 Å². The van der Waals surface area contributed by atoms with Gasteiger partial charge in [-0.15, -0.1) is 0 Å². The first-order valence-corrected chi connectivity index (χ1v) is 3.76. The van der Waals surface area contributed by atoms with Crippen LogP contribution in [0.15, 0.2) is 5.16 Å². The van der Waals surface area contributed by atoms with Crippen molar-refractivity contribution in [2.45, 2.75) is 19.4 Å². The van der Waals surface area contributed by atoms with Gasteiger partial charge >= 0.3 is 0 Å². The molecule has 4 heteroatoms. The molecule has 1 heterocycles. The van der Waals surface area contributed by atoms with E-state index in [2.05, 4.69) is 10.5 Å². The third-order valence-electron chi connectivity index (χ3n) is 2.03. The molecule has 11 heavy (non-hydrogen) atoms. The molecule has 1 aliphatic rings. The molecule has 0 saturated carbocycles. The molecule has 0 aromatic heterocycles. The maximum Gasteiger partial charge on any atom is 0.163 e. The van der Waals surface area contributed by atoms with E-state index in [1.54, 1.807) is 0 Å². The first-order chi connectivity index (χ1) is 5.08. The maximum atomic E-state index is 8.70. The van der Waals surface area contributed by atoms with Crippen LogP contribution < -0.4 is 5.32 Å². The summed E-state index contributed by atoms with van der Waals surface area (Å²) in [7, 11) is 1.93. The molecular formula is C7H15N3O. The third kappa shape index (κ3) is 1.45. The molecule has 4 nitrogen and oxygen atoms in total. The Kier molecular flexibility index (Phi) is 2.04. The quantitative estimate of drug-likeness (QED) is 0.387. The zero-order valence-corrected chi connectivity index (χ0v) is 7.26. The fourth-order valence-corrected chi connectivity index (χ4v) is 1.40. The smallest absolute Gasteiger partial charge is 0.163 e. The van der Waals surface area contributed by atoms with Crippen LogP contribution in [0.25, 0.3) is 0 Å². The van der Waals surface area contributed by atoms with Crippen LogP contribution in [0.3, 0.4) is 0 Å². The lowest BCUT2D eigenvalue weighted by Crippen LogP contribution is -2.60. The van der Waals surface area contributed by atoms with E-state index in [-0.39, 0.29) is 5.54 Å². The van der Waals surface area contributed by atoms with Crippen molar-refractivity contribution in [3.63, 3.8) is 0 Å². The Labute approximate surface area is 66.9 Å². The maximum absolute atomic E-state index is 8.70. The third-order valence-corrected chi connectivity index (χ3v) is 2.03. The molecule has 1 fully saturated rings. The van der Waals surface area contributed by atoms with E-state index in [1.807, 2.05) is 25.8 Å². The van der Waals surface area contributed by atoms with Crippen molar-refractivity contribution in [2.75, 3.05) is 20.1 Å². The van der Waals surface area contributed by atoms with Crippen molar-refractivity contribution in [2.24, 2.45) is 5.16 Å². The van der Waals surface area contributed by atoms with Crippen molar-refractivity contribution in [1.29, 1.82) is 0 Å². The second-order valence-electron chi connectivity index (χ2n) is 3.40. The molecule has 0 aliphatic carbocycles. The lowest BCUT2D eigenvalue weighted by atomic mass is 10.0. The summed E-state index contributed by atoms with van der Waals surface area (Å²) in [6, 6.07) is 0. The van der Waals surface area contributed by atoms with Crippen LogP contribution in [0, 0.1) is 0 Å². The summed E-state index contributed by atoms with van der Waals surface area (Å²) >= 11 is 0. The minimum Gasteiger partial charge on any atom is -0.409 e. The van der Waals surface area contributed by atoms with Gasteiger partial charge in [0.05, 0.1) is 5.54 Å². The van der Waals surface area contributed by atoms with Gasteiger partial charge in [0.15, 0.2) is 5.84 Å². The van der Waals surface area contributed by atoms with E-state index in [0.29, 0.717) is 5.84 Å². The van der Waals surface area contributed by atoms with E-state index in [9.17, 15) is 0 Å². The van der Waals surface area contributed by atoms with E-state index in [4.69, 9.17) is 5.21 Å². The number of amidine groups is 1. The second-order valence-corrected chi connectivity index (χ2v) is 3.40. The fraction of sp³-hybridized carbons (Fsp3) is 0.857. The lowest BCUT2D eigenvalue weighted by Gasteiger charge is -2.38. The van der Waals surface area contributed by atoms with Crippen LogP contribution in [-0.4, -0.2) is 41.6 Å². The predicted molar refractivity (Wildman–Crippen MR) is 43.9 cm³/mol. The summed E-state index contributed by atoms with van der Waals surface area (Å²) in [4.78, 5) is 1.95. The highest BCUT2D eigenvalue weighted by Gasteiger charge is 2.31.